The van der Waals surface area contributed by atoms with Crippen molar-refractivity contribution in [2.75, 3.05) is 12.3 Å². The molecule has 20 heavy (non-hydrogen) atoms. The molecule has 2 aromatic rings. The van der Waals surface area contributed by atoms with E-state index in [1.54, 1.807) is 24.3 Å². The SMILES string of the molecule is Nc1cc(C(=O)NCCc2cccc(F)c2)ccc1Br. The summed E-state index contributed by atoms with van der Waals surface area (Å²) in [6, 6.07) is 11.4. The Labute approximate surface area is 125 Å². The molecule has 5 heteroatoms. The Morgan fingerprint density at radius 1 is 1.25 bits per heavy atom. The highest BCUT2D eigenvalue weighted by Crippen LogP contribution is 2.20. The predicted octanol–water partition coefficient (Wildman–Crippen LogP) is 3.14. The van der Waals surface area contributed by atoms with Crippen molar-refractivity contribution in [2.45, 2.75) is 6.42 Å². The van der Waals surface area contributed by atoms with Crippen LogP contribution in [0.3, 0.4) is 0 Å². The van der Waals surface area contributed by atoms with Gasteiger partial charge >= 0.3 is 0 Å². The van der Waals surface area contributed by atoms with Crippen LogP contribution in [0.4, 0.5) is 10.1 Å². The normalized spacial score (nSPS) is 10.3. The largest absolute Gasteiger partial charge is 0.398 e. The summed E-state index contributed by atoms with van der Waals surface area (Å²) in [7, 11) is 0. The highest BCUT2D eigenvalue weighted by Gasteiger charge is 2.06. The van der Waals surface area contributed by atoms with E-state index >= 15 is 0 Å². The van der Waals surface area contributed by atoms with Crippen LogP contribution in [0.5, 0.6) is 0 Å². The molecule has 0 saturated carbocycles. The number of nitrogens with one attached hydrogen (secondary N) is 1. The summed E-state index contributed by atoms with van der Waals surface area (Å²) >= 11 is 3.28. The Morgan fingerprint density at radius 2 is 2.05 bits per heavy atom. The lowest BCUT2D eigenvalue weighted by molar-refractivity contribution is 0.0954. The van der Waals surface area contributed by atoms with Crippen molar-refractivity contribution >= 4 is 27.5 Å². The molecule has 2 aromatic carbocycles. The zero-order valence-electron chi connectivity index (χ0n) is 10.7. The first kappa shape index (κ1) is 14.5. The van der Waals surface area contributed by atoms with E-state index in [1.165, 1.54) is 12.1 Å². The Morgan fingerprint density at radius 3 is 2.75 bits per heavy atom. The molecule has 0 aliphatic carbocycles. The first-order valence-corrected chi connectivity index (χ1v) is 6.93. The molecule has 0 aromatic heterocycles. The second-order valence-electron chi connectivity index (χ2n) is 4.37. The van der Waals surface area contributed by atoms with Crippen molar-refractivity contribution in [3.05, 3.63) is 63.9 Å². The third kappa shape index (κ3) is 3.81. The number of hydrogen-bond donors (Lipinski definition) is 2. The van der Waals surface area contributed by atoms with Gasteiger partial charge in [-0.3, -0.25) is 4.79 Å². The fraction of sp³-hybridized carbons (Fsp3) is 0.133. The maximum Gasteiger partial charge on any atom is 0.251 e. The molecule has 0 spiro atoms. The Bertz CT molecular complexity index is 631. The van der Waals surface area contributed by atoms with E-state index in [-0.39, 0.29) is 11.7 Å². The van der Waals surface area contributed by atoms with E-state index in [1.807, 2.05) is 6.07 Å². The Kier molecular flexibility index (Phi) is 4.74. The van der Waals surface area contributed by atoms with Crippen LogP contribution < -0.4 is 11.1 Å². The minimum atomic E-state index is -0.269. The molecule has 3 N–H and O–H groups in total. The van der Waals surface area contributed by atoms with Gasteiger partial charge in [0.1, 0.15) is 5.82 Å². The van der Waals surface area contributed by atoms with E-state index in [0.717, 1.165) is 10.0 Å². The van der Waals surface area contributed by atoms with E-state index in [9.17, 15) is 9.18 Å². The number of anilines is 1. The topological polar surface area (TPSA) is 55.1 Å². The molecule has 1 amide bonds. The summed E-state index contributed by atoms with van der Waals surface area (Å²) in [5.41, 5.74) is 7.60. The zero-order valence-corrected chi connectivity index (χ0v) is 12.3. The van der Waals surface area contributed by atoms with Crippen LogP contribution >= 0.6 is 15.9 Å². The van der Waals surface area contributed by atoms with Gasteiger partial charge in [-0.1, -0.05) is 12.1 Å². The van der Waals surface area contributed by atoms with E-state index < -0.39 is 0 Å². The number of nitrogen functional groups attached to an aromatic ring is 1. The van der Waals surface area contributed by atoms with E-state index in [0.29, 0.717) is 24.2 Å². The van der Waals surface area contributed by atoms with Crippen LogP contribution in [-0.2, 0) is 6.42 Å². The molecule has 0 unspecified atom stereocenters. The van der Waals surface area contributed by atoms with Crippen LogP contribution in [0.25, 0.3) is 0 Å². The van der Waals surface area contributed by atoms with Crippen molar-refractivity contribution in [3.8, 4) is 0 Å². The molecule has 0 aliphatic rings. The minimum Gasteiger partial charge on any atom is -0.398 e. The second-order valence-corrected chi connectivity index (χ2v) is 5.23. The fourth-order valence-electron chi connectivity index (χ4n) is 1.80. The van der Waals surface area contributed by atoms with Gasteiger partial charge in [-0.15, -0.1) is 0 Å². The van der Waals surface area contributed by atoms with Gasteiger partial charge in [0.2, 0.25) is 0 Å². The summed E-state index contributed by atoms with van der Waals surface area (Å²) in [4.78, 5) is 11.9. The second kappa shape index (κ2) is 6.52. The third-order valence-electron chi connectivity index (χ3n) is 2.85. The molecule has 0 heterocycles. The van der Waals surface area contributed by atoms with Crippen LogP contribution in [-0.4, -0.2) is 12.5 Å². The fourth-order valence-corrected chi connectivity index (χ4v) is 2.05. The maximum atomic E-state index is 13.0. The van der Waals surface area contributed by atoms with Gasteiger partial charge in [0.05, 0.1) is 0 Å². The number of hydrogen-bond acceptors (Lipinski definition) is 2. The summed E-state index contributed by atoms with van der Waals surface area (Å²) in [5, 5.41) is 2.78. The molecule has 0 radical (unpaired) electrons. The average molecular weight is 337 g/mol. The van der Waals surface area contributed by atoms with E-state index in [2.05, 4.69) is 21.2 Å². The molecule has 0 fully saturated rings. The Hall–Kier alpha value is -1.88. The number of benzene rings is 2. The lowest BCUT2D eigenvalue weighted by Gasteiger charge is -2.07. The third-order valence-corrected chi connectivity index (χ3v) is 3.57. The average Bonchev–Trinajstić information content (AvgIpc) is 2.42. The highest BCUT2D eigenvalue weighted by molar-refractivity contribution is 9.10. The predicted molar refractivity (Wildman–Crippen MR) is 81.0 cm³/mol. The standard InChI is InChI=1S/C15H14BrFN2O/c16-13-5-4-11(9-14(13)18)15(20)19-7-6-10-2-1-3-12(17)8-10/h1-5,8-9H,6-7,18H2,(H,19,20). The highest BCUT2D eigenvalue weighted by atomic mass is 79.9. The van der Waals surface area contributed by atoms with E-state index in [4.69, 9.17) is 5.73 Å². The molecule has 104 valence electrons. The van der Waals surface area contributed by atoms with Crippen LogP contribution in [0.1, 0.15) is 15.9 Å². The van der Waals surface area contributed by atoms with Gasteiger partial charge in [0.25, 0.3) is 5.91 Å². The summed E-state index contributed by atoms with van der Waals surface area (Å²) in [6.45, 7) is 0.443. The van der Waals surface area contributed by atoms with Crippen LogP contribution in [0.2, 0.25) is 0 Å². The molecule has 0 saturated heterocycles. The van der Waals surface area contributed by atoms with Crippen LogP contribution in [0, 0.1) is 5.82 Å². The molecule has 0 bridgehead atoms. The van der Waals surface area contributed by atoms with Crippen molar-refractivity contribution in [1.29, 1.82) is 0 Å². The van der Waals surface area contributed by atoms with Gasteiger partial charge < -0.3 is 11.1 Å². The monoisotopic (exact) mass is 336 g/mol. The molecule has 0 atom stereocenters. The van der Waals surface area contributed by atoms with Crippen molar-refractivity contribution in [3.63, 3.8) is 0 Å². The van der Waals surface area contributed by atoms with Crippen molar-refractivity contribution < 1.29 is 9.18 Å². The van der Waals surface area contributed by atoms with Crippen molar-refractivity contribution in [2.24, 2.45) is 0 Å². The van der Waals surface area contributed by atoms with Gasteiger partial charge in [-0.05, 0) is 58.2 Å². The number of rotatable bonds is 4. The van der Waals surface area contributed by atoms with Crippen molar-refractivity contribution in [1.82, 2.24) is 5.32 Å². The number of carbonyl (C=O) groups excluding carboxylic acids is 1. The first-order valence-electron chi connectivity index (χ1n) is 6.14. The number of amides is 1. The number of nitrogens with two attached hydrogens (primary N) is 1. The molecular formula is C15H14BrFN2O. The van der Waals surface area contributed by atoms with Gasteiger partial charge in [0, 0.05) is 22.3 Å². The summed E-state index contributed by atoms with van der Waals surface area (Å²) < 4.78 is 13.8. The van der Waals surface area contributed by atoms with Crippen LogP contribution in [0.15, 0.2) is 46.9 Å². The first-order chi connectivity index (χ1) is 9.56. The number of halogens is 2. The Balaban J connectivity index is 1.90. The molecule has 3 nitrogen and oxygen atoms in total. The lowest BCUT2D eigenvalue weighted by atomic mass is 10.1. The summed E-state index contributed by atoms with van der Waals surface area (Å²) in [6.07, 6.45) is 0.579. The van der Waals surface area contributed by atoms with Gasteiger partial charge in [-0.2, -0.15) is 0 Å². The quantitative estimate of drug-likeness (QED) is 0.842. The van der Waals surface area contributed by atoms with Gasteiger partial charge in [0.15, 0.2) is 0 Å². The zero-order chi connectivity index (χ0) is 14.5. The molecule has 0 aliphatic heterocycles. The molecular weight excluding hydrogens is 323 g/mol. The van der Waals surface area contributed by atoms with Gasteiger partial charge in [-0.25, -0.2) is 4.39 Å². The molecule has 2 rings (SSSR count). The smallest absolute Gasteiger partial charge is 0.251 e. The summed E-state index contributed by atoms with van der Waals surface area (Å²) in [5.74, 6) is -0.463. The minimum absolute atomic E-state index is 0.194. The number of carbonyl (C=O) groups is 1. The maximum absolute atomic E-state index is 13.0. The lowest BCUT2D eigenvalue weighted by Crippen LogP contribution is -2.25.